The van der Waals surface area contributed by atoms with Gasteiger partial charge in [0.1, 0.15) is 5.75 Å². The fourth-order valence-corrected chi connectivity index (χ4v) is 2.54. The zero-order valence-corrected chi connectivity index (χ0v) is 13.6. The number of nitrogens with one attached hydrogen (secondary N) is 1. The molecule has 0 saturated carbocycles. The molecule has 4 heteroatoms. The van der Waals surface area contributed by atoms with Crippen LogP contribution in [0.15, 0.2) is 42.5 Å². The summed E-state index contributed by atoms with van der Waals surface area (Å²) >= 11 is 6.40. The Kier molecular flexibility index (Phi) is 5.10. The number of halogens is 1. The summed E-state index contributed by atoms with van der Waals surface area (Å²) in [5.41, 5.74) is 3.20. The van der Waals surface area contributed by atoms with Gasteiger partial charge in [0.2, 0.25) is 0 Å². The molecule has 0 aliphatic rings. The highest BCUT2D eigenvalue weighted by molar-refractivity contribution is 6.31. The van der Waals surface area contributed by atoms with Gasteiger partial charge in [-0.3, -0.25) is 0 Å². The van der Waals surface area contributed by atoms with Crippen LogP contribution < -0.4 is 15.0 Å². The van der Waals surface area contributed by atoms with Crippen LogP contribution in [0.3, 0.4) is 0 Å². The third kappa shape index (κ3) is 3.49. The lowest BCUT2D eigenvalue weighted by molar-refractivity contribution is 0.415. The van der Waals surface area contributed by atoms with Gasteiger partial charge in [-0.15, -0.1) is 0 Å². The van der Waals surface area contributed by atoms with Crippen molar-refractivity contribution in [3.63, 3.8) is 0 Å². The Morgan fingerprint density at radius 1 is 1.14 bits per heavy atom. The standard InChI is InChI=1S/C17H21ClN2O/c1-12(19-2)16-9-8-14(11-17(16)18)20(3)13-6-5-7-15(10-13)21-4/h5-12,19H,1-4H3. The second-order valence-corrected chi connectivity index (χ2v) is 5.38. The summed E-state index contributed by atoms with van der Waals surface area (Å²) in [4.78, 5) is 2.09. The summed E-state index contributed by atoms with van der Waals surface area (Å²) in [7, 11) is 5.61. The molecule has 1 atom stereocenters. The van der Waals surface area contributed by atoms with Gasteiger partial charge >= 0.3 is 0 Å². The van der Waals surface area contributed by atoms with E-state index in [0.717, 1.165) is 27.7 Å². The van der Waals surface area contributed by atoms with E-state index >= 15 is 0 Å². The van der Waals surface area contributed by atoms with E-state index in [1.807, 2.05) is 44.4 Å². The van der Waals surface area contributed by atoms with Gasteiger partial charge < -0.3 is 15.0 Å². The van der Waals surface area contributed by atoms with E-state index in [2.05, 4.69) is 29.3 Å². The van der Waals surface area contributed by atoms with Gasteiger partial charge in [0.15, 0.2) is 0 Å². The Hall–Kier alpha value is -1.71. The van der Waals surface area contributed by atoms with Gasteiger partial charge in [-0.25, -0.2) is 0 Å². The molecule has 0 aromatic heterocycles. The van der Waals surface area contributed by atoms with Crippen LogP contribution in [-0.4, -0.2) is 21.2 Å². The minimum absolute atomic E-state index is 0.230. The van der Waals surface area contributed by atoms with E-state index in [9.17, 15) is 0 Å². The number of methoxy groups -OCH3 is 1. The van der Waals surface area contributed by atoms with Crippen molar-refractivity contribution < 1.29 is 4.74 Å². The third-order valence-electron chi connectivity index (χ3n) is 3.71. The smallest absolute Gasteiger partial charge is 0.120 e. The van der Waals surface area contributed by atoms with Crippen molar-refractivity contribution >= 4 is 23.0 Å². The van der Waals surface area contributed by atoms with E-state index < -0.39 is 0 Å². The summed E-state index contributed by atoms with van der Waals surface area (Å²) in [5.74, 6) is 0.839. The Bertz CT molecular complexity index is 615. The molecule has 1 N–H and O–H groups in total. The van der Waals surface area contributed by atoms with Crippen molar-refractivity contribution in [1.29, 1.82) is 0 Å². The number of hydrogen-bond acceptors (Lipinski definition) is 3. The maximum absolute atomic E-state index is 6.40. The number of nitrogens with zero attached hydrogens (tertiary/aromatic N) is 1. The first kappa shape index (κ1) is 15.7. The first-order valence-electron chi connectivity index (χ1n) is 6.91. The monoisotopic (exact) mass is 304 g/mol. The largest absolute Gasteiger partial charge is 0.497 e. The summed E-state index contributed by atoms with van der Waals surface area (Å²) in [6.45, 7) is 2.09. The number of hydrogen-bond donors (Lipinski definition) is 1. The van der Waals surface area contributed by atoms with Crippen molar-refractivity contribution in [3.8, 4) is 5.75 Å². The van der Waals surface area contributed by atoms with E-state index in [4.69, 9.17) is 16.3 Å². The van der Waals surface area contributed by atoms with Gasteiger partial charge in [0.25, 0.3) is 0 Å². The maximum atomic E-state index is 6.40. The molecule has 1 unspecified atom stereocenters. The molecule has 2 aromatic carbocycles. The van der Waals surface area contributed by atoms with Crippen molar-refractivity contribution in [2.24, 2.45) is 0 Å². The van der Waals surface area contributed by atoms with E-state index in [1.165, 1.54) is 0 Å². The average Bonchev–Trinajstić information content (AvgIpc) is 2.53. The molecule has 0 fully saturated rings. The molecule has 0 bridgehead atoms. The lowest BCUT2D eigenvalue weighted by Crippen LogP contribution is -2.14. The molecule has 112 valence electrons. The van der Waals surface area contributed by atoms with Crippen molar-refractivity contribution in [2.45, 2.75) is 13.0 Å². The molecule has 0 aliphatic heterocycles. The van der Waals surface area contributed by atoms with Crippen LogP contribution in [0.5, 0.6) is 5.75 Å². The van der Waals surface area contributed by atoms with E-state index in [0.29, 0.717) is 0 Å². The number of rotatable bonds is 5. The van der Waals surface area contributed by atoms with Crippen LogP contribution in [0.4, 0.5) is 11.4 Å². The van der Waals surface area contributed by atoms with Gasteiger partial charge in [-0.2, -0.15) is 0 Å². The molecule has 3 nitrogen and oxygen atoms in total. The minimum atomic E-state index is 0.230. The zero-order chi connectivity index (χ0) is 15.4. The topological polar surface area (TPSA) is 24.5 Å². The average molecular weight is 305 g/mol. The summed E-state index contributed by atoms with van der Waals surface area (Å²) in [5, 5.41) is 3.97. The zero-order valence-electron chi connectivity index (χ0n) is 12.9. The van der Waals surface area contributed by atoms with Crippen LogP contribution >= 0.6 is 11.6 Å². The normalized spacial score (nSPS) is 12.0. The first-order valence-corrected chi connectivity index (χ1v) is 7.29. The van der Waals surface area contributed by atoms with Crippen LogP contribution in [0.2, 0.25) is 5.02 Å². The highest BCUT2D eigenvalue weighted by atomic mass is 35.5. The fraction of sp³-hybridized carbons (Fsp3) is 0.294. The molecular weight excluding hydrogens is 284 g/mol. The van der Waals surface area contributed by atoms with E-state index in [1.54, 1.807) is 7.11 Å². The Balaban J connectivity index is 2.31. The van der Waals surface area contributed by atoms with Gasteiger partial charge in [0, 0.05) is 35.6 Å². The van der Waals surface area contributed by atoms with Gasteiger partial charge in [0.05, 0.1) is 7.11 Å². The number of anilines is 2. The molecule has 0 saturated heterocycles. The predicted octanol–water partition coefficient (Wildman–Crippen LogP) is 4.40. The second kappa shape index (κ2) is 6.83. The molecule has 0 amide bonds. The SMILES string of the molecule is CNC(C)c1ccc(N(C)c2cccc(OC)c2)cc1Cl. The Morgan fingerprint density at radius 3 is 2.48 bits per heavy atom. The molecular formula is C17H21ClN2O. The Morgan fingerprint density at radius 2 is 1.86 bits per heavy atom. The molecule has 2 aromatic rings. The van der Waals surface area contributed by atoms with Crippen LogP contribution in [0.1, 0.15) is 18.5 Å². The molecule has 0 radical (unpaired) electrons. The molecule has 0 aliphatic carbocycles. The third-order valence-corrected chi connectivity index (χ3v) is 4.04. The second-order valence-electron chi connectivity index (χ2n) is 4.98. The molecule has 2 rings (SSSR count). The van der Waals surface area contributed by atoms with Gasteiger partial charge in [-0.05, 0) is 43.8 Å². The van der Waals surface area contributed by atoms with Crippen LogP contribution in [0.25, 0.3) is 0 Å². The van der Waals surface area contributed by atoms with Crippen LogP contribution in [-0.2, 0) is 0 Å². The highest BCUT2D eigenvalue weighted by Crippen LogP contribution is 2.31. The highest BCUT2D eigenvalue weighted by Gasteiger charge is 2.11. The molecule has 0 heterocycles. The van der Waals surface area contributed by atoms with Crippen molar-refractivity contribution in [3.05, 3.63) is 53.1 Å². The predicted molar refractivity (Wildman–Crippen MR) is 90.0 cm³/mol. The molecule has 21 heavy (non-hydrogen) atoms. The number of benzene rings is 2. The summed E-state index contributed by atoms with van der Waals surface area (Å²) in [6, 6.07) is 14.3. The Labute approximate surface area is 131 Å². The lowest BCUT2D eigenvalue weighted by Gasteiger charge is -2.22. The first-order chi connectivity index (χ1) is 10.1. The lowest BCUT2D eigenvalue weighted by atomic mass is 10.1. The van der Waals surface area contributed by atoms with Crippen molar-refractivity contribution in [2.75, 3.05) is 26.1 Å². The van der Waals surface area contributed by atoms with Crippen molar-refractivity contribution in [1.82, 2.24) is 5.32 Å². The minimum Gasteiger partial charge on any atom is -0.497 e. The van der Waals surface area contributed by atoms with Gasteiger partial charge in [-0.1, -0.05) is 23.7 Å². The fourth-order valence-electron chi connectivity index (χ4n) is 2.20. The molecule has 0 spiro atoms. The van der Waals surface area contributed by atoms with Crippen LogP contribution in [0, 0.1) is 0 Å². The summed E-state index contributed by atoms with van der Waals surface area (Å²) < 4.78 is 5.27. The van der Waals surface area contributed by atoms with E-state index in [-0.39, 0.29) is 6.04 Å². The number of ether oxygens (including phenoxy) is 1. The quantitative estimate of drug-likeness (QED) is 0.886. The maximum Gasteiger partial charge on any atom is 0.120 e. The summed E-state index contributed by atoms with van der Waals surface area (Å²) in [6.07, 6.45) is 0.